The summed E-state index contributed by atoms with van der Waals surface area (Å²) in [5.74, 6) is -0.285. The number of aliphatic carboxylic acids is 1. The molecule has 0 aromatic carbocycles. The lowest BCUT2D eigenvalue weighted by molar-refractivity contribution is -0.138. The van der Waals surface area contributed by atoms with Crippen molar-refractivity contribution in [2.24, 2.45) is 5.92 Å². The van der Waals surface area contributed by atoms with E-state index in [4.69, 9.17) is 5.11 Å². The maximum absolute atomic E-state index is 11.9. The lowest BCUT2D eigenvalue weighted by Gasteiger charge is -2.22. The zero-order valence-electron chi connectivity index (χ0n) is 11.3. The molecule has 0 saturated carbocycles. The maximum Gasteiger partial charge on any atom is 0.325 e. The predicted octanol–water partition coefficient (Wildman–Crippen LogP) is 2.07. The molecule has 1 fully saturated rings. The minimum atomic E-state index is -0.998. The Morgan fingerprint density at radius 3 is 2.72 bits per heavy atom. The lowest BCUT2D eigenvalue weighted by Crippen LogP contribution is -2.47. The molecule has 0 bridgehead atoms. The molecule has 18 heavy (non-hydrogen) atoms. The monoisotopic (exact) mass is 256 g/mol. The number of likely N-dealkylation sites (tertiary alicyclic amines) is 1. The van der Waals surface area contributed by atoms with Crippen molar-refractivity contribution in [2.75, 3.05) is 13.1 Å². The molecular formula is C13H24N2O3. The van der Waals surface area contributed by atoms with Crippen LogP contribution >= 0.6 is 0 Å². The third-order valence-electron chi connectivity index (χ3n) is 3.54. The molecule has 0 aromatic heterocycles. The molecule has 0 aliphatic carbocycles. The number of hydrogen-bond acceptors (Lipinski definition) is 2. The molecule has 2 amide bonds. The first-order chi connectivity index (χ1) is 8.54. The van der Waals surface area contributed by atoms with E-state index in [0.29, 0.717) is 5.92 Å². The summed E-state index contributed by atoms with van der Waals surface area (Å²) in [5, 5.41) is 11.3. The number of nitrogens with zero attached hydrogens (tertiary/aromatic N) is 1. The third-order valence-corrected chi connectivity index (χ3v) is 3.54. The fourth-order valence-electron chi connectivity index (χ4n) is 2.40. The average molecular weight is 256 g/mol. The largest absolute Gasteiger partial charge is 0.480 e. The highest BCUT2D eigenvalue weighted by Gasteiger charge is 2.22. The molecule has 104 valence electrons. The number of hydrogen-bond donors (Lipinski definition) is 2. The SMILES string of the molecule is CCCC1CCCN(C(=O)N[C@H](C)C(=O)O)CC1. The van der Waals surface area contributed by atoms with Gasteiger partial charge in [-0.1, -0.05) is 19.8 Å². The molecule has 1 unspecified atom stereocenters. The second-order valence-electron chi connectivity index (χ2n) is 5.08. The van der Waals surface area contributed by atoms with Crippen molar-refractivity contribution in [3.05, 3.63) is 0 Å². The van der Waals surface area contributed by atoms with Crippen LogP contribution in [0.2, 0.25) is 0 Å². The molecular weight excluding hydrogens is 232 g/mol. The van der Waals surface area contributed by atoms with Gasteiger partial charge in [0.1, 0.15) is 6.04 Å². The van der Waals surface area contributed by atoms with Crippen molar-refractivity contribution in [1.29, 1.82) is 0 Å². The molecule has 1 saturated heterocycles. The summed E-state index contributed by atoms with van der Waals surface area (Å²) in [6.45, 7) is 5.14. The minimum absolute atomic E-state index is 0.248. The number of urea groups is 1. The fraction of sp³-hybridized carbons (Fsp3) is 0.846. The number of nitrogens with one attached hydrogen (secondary N) is 1. The Labute approximate surface area is 109 Å². The van der Waals surface area contributed by atoms with Gasteiger partial charge < -0.3 is 15.3 Å². The topological polar surface area (TPSA) is 69.6 Å². The molecule has 1 rings (SSSR count). The van der Waals surface area contributed by atoms with Gasteiger partial charge in [0.15, 0.2) is 0 Å². The van der Waals surface area contributed by atoms with Crippen LogP contribution in [0, 0.1) is 5.92 Å². The van der Waals surface area contributed by atoms with Gasteiger partial charge in [-0.25, -0.2) is 4.79 Å². The van der Waals surface area contributed by atoms with Crippen molar-refractivity contribution in [1.82, 2.24) is 10.2 Å². The number of carboxylic acid groups (broad SMARTS) is 1. The van der Waals surface area contributed by atoms with Crippen LogP contribution in [0.5, 0.6) is 0 Å². The van der Waals surface area contributed by atoms with Gasteiger partial charge >= 0.3 is 12.0 Å². The summed E-state index contributed by atoms with van der Waals surface area (Å²) in [7, 11) is 0. The molecule has 2 N–H and O–H groups in total. The average Bonchev–Trinajstić information content (AvgIpc) is 2.55. The second-order valence-corrected chi connectivity index (χ2v) is 5.08. The van der Waals surface area contributed by atoms with E-state index in [0.717, 1.165) is 25.9 Å². The van der Waals surface area contributed by atoms with Crippen LogP contribution < -0.4 is 5.32 Å². The number of carboxylic acids is 1. The van der Waals surface area contributed by atoms with Crippen molar-refractivity contribution < 1.29 is 14.7 Å². The van der Waals surface area contributed by atoms with Crippen LogP contribution in [0.15, 0.2) is 0 Å². The quantitative estimate of drug-likeness (QED) is 0.809. The van der Waals surface area contributed by atoms with Gasteiger partial charge in [-0.15, -0.1) is 0 Å². The van der Waals surface area contributed by atoms with Gasteiger partial charge in [-0.3, -0.25) is 4.79 Å². The standard InChI is InChI=1S/C13H24N2O3/c1-3-5-11-6-4-8-15(9-7-11)13(18)14-10(2)12(16)17/h10-11H,3-9H2,1-2H3,(H,14,18)(H,16,17)/t10-,11?/m1/s1. The maximum atomic E-state index is 11.9. The second kappa shape index (κ2) is 7.24. The van der Waals surface area contributed by atoms with E-state index in [-0.39, 0.29) is 6.03 Å². The fourth-order valence-corrected chi connectivity index (χ4v) is 2.40. The van der Waals surface area contributed by atoms with E-state index in [2.05, 4.69) is 12.2 Å². The first kappa shape index (κ1) is 14.8. The highest BCUT2D eigenvalue weighted by molar-refractivity contribution is 5.82. The van der Waals surface area contributed by atoms with Crippen LogP contribution in [0.4, 0.5) is 4.79 Å². The van der Waals surface area contributed by atoms with Gasteiger partial charge in [0.2, 0.25) is 0 Å². The molecule has 2 atom stereocenters. The predicted molar refractivity (Wildman–Crippen MR) is 69.5 cm³/mol. The van der Waals surface area contributed by atoms with Crippen molar-refractivity contribution in [2.45, 2.75) is 52.0 Å². The third kappa shape index (κ3) is 4.55. The van der Waals surface area contributed by atoms with Gasteiger partial charge in [-0.2, -0.15) is 0 Å². The van der Waals surface area contributed by atoms with Crippen LogP contribution in [-0.4, -0.2) is 41.1 Å². The first-order valence-electron chi connectivity index (χ1n) is 6.82. The molecule has 0 aromatic rings. The zero-order chi connectivity index (χ0) is 13.5. The molecule has 5 heteroatoms. The Morgan fingerprint density at radius 2 is 2.11 bits per heavy atom. The Bertz CT molecular complexity index is 294. The van der Waals surface area contributed by atoms with E-state index in [1.54, 1.807) is 4.90 Å². The summed E-state index contributed by atoms with van der Waals surface area (Å²) in [6.07, 6.45) is 5.63. The highest BCUT2D eigenvalue weighted by atomic mass is 16.4. The van der Waals surface area contributed by atoms with E-state index in [9.17, 15) is 9.59 Å². The Kier molecular flexibility index (Phi) is 5.95. The summed E-state index contributed by atoms with van der Waals surface area (Å²) in [4.78, 5) is 24.3. The van der Waals surface area contributed by atoms with Crippen LogP contribution in [0.1, 0.15) is 46.0 Å². The molecule has 1 aliphatic heterocycles. The van der Waals surface area contributed by atoms with E-state index >= 15 is 0 Å². The van der Waals surface area contributed by atoms with Crippen molar-refractivity contribution >= 4 is 12.0 Å². The smallest absolute Gasteiger partial charge is 0.325 e. The molecule has 1 aliphatic rings. The molecule has 5 nitrogen and oxygen atoms in total. The lowest BCUT2D eigenvalue weighted by atomic mass is 9.96. The Hall–Kier alpha value is -1.26. The summed E-state index contributed by atoms with van der Waals surface area (Å²) in [5.41, 5.74) is 0. The number of amides is 2. The number of rotatable bonds is 4. The Balaban J connectivity index is 2.42. The molecule has 0 spiro atoms. The normalized spacial score (nSPS) is 22.1. The molecule has 0 radical (unpaired) electrons. The van der Waals surface area contributed by atoms with Crippen LogP contribution in [0.3, 0.4) is 0 Å². The van der Waals surface area contributed by atoms with Gasteiger partial charge in [0.25, 0.3) is 0 Å². The number of carbonyl (C=O) groups is 2. The van der Waals surface area contributed by atoms with E-state index < -0.39 is 12.0 Å². The summed E-state index contributed by atoms with van der Waals surface area (Å²) in [6, 6.07) is -1.07. The van der Waals surface area contributed by atoms with Crippen LogP contribution in [0.25, 0.3) is 0 Å². The summed E-state index contributed by atoms with van der Waals surface area (Å²) >= 11 is 0. The van der Waals surface area contributed by atoms with Gasteiger partial charge in [-0.05, 0) is 32.1 Å². The molecule has 1 heterocycles. The minimum Gasteiger partial charge on any atom is -0.480 e. The van der Waals surface area contributed by atoms with E-state index in [1.165, 1.54) is 26.2 Å². The van der Waals surface area contributed by atoms with Gasteiger partial charge in [0, 0.05) is 13.1 Å². The van der Waals surface area contributed by atoms with Gasteiger partial charge in [0.05, 0.1) is 0 Å². The van der Waals surface area contributed by atoms with Crippen LogP contribution in [-0.2, 0) is 4.79 Å². The highest BCUT2D eigenvalue weighted by Crippen LogP contribution is 2.21. The van der Waals surface area contributed by atoms with Crippen molar-refractivity contribution in [3.8, 4) is 0 Å². The Morgan fingerprint density at radius 1 is 1.39 bits per heavy atom. The summed E-state index contributed by atoms with van der Waals surface area (Å²) < 4.78 is 0. The zero-order valence-corrected chi connectivity index (χ0v) is 11.3. The first-order valence-corrected chi connectivity index (χ1v) is 6.82. The number of carbonyl (C=O) groups excluding carboxylic acids is 1. The van der Waals surface area contributed by atoms with E-state index in [1.807, 2.05) is 0 Å². The van der Waals surface area contributed by atoms with Crippen molar-refractivity contribution in [3.63, 3.8) is 0 Å².